The maximum absolute atomic E-state index is 3.65. The molecule has 0 amide bonds. The minimum atomic E-state index is 0.760. The standard InChI is InChI=1S/C17H27BrN2/c1-13-3-6-16(18)11-15(13)9-10-20-12-14-4-7-17(19-2)8-5-14/h3,6,11,14,17,19-20H,4-5,7-10,12H2,1-2H3. The van der Waals surface area contributed by atoms with Gasteiger partial charge in [0.1, 0.15) is 0 Å². The van der Waals surface area contributed by atoms with Crippen LogP contribution < -0.4 is 10.6 Å². The monoisotopic (exact) mass is 338 g/mol. The Morgan fingerprint density at radius 1 is 1.20 bits per heavy atom. The van der Waals surface area contributed by atoms with Gasteiger partial charge in [0, 0.05) is 10.5 Å². The summed E-state index contributed by atoms with van der Waals surface area (Å²) in [6.45, 7) is 4.47. The molecule has 0 bridgehead atoms. The first-order chi connectivity index (χ1) is 9.69. The number of hydrogen-bond acceptors (Lipinski definition) is 2. The maximum Gasteiger partial charge on any atom is 0.0178 e. The van der Waals surface area contributed by atoms with Crippen molar-refractivity contribution in [3.8, 4) is 0 Å². The molecule has 3 heteroatoms. The molecule has 112 valence electrons. The van der Waals surface area contributed by atoms with Gasteiger partial charge in [0.2, 0.25) is 0 Å². The highest BCUT2D eigenvalue weighted by molar-refractivity contribution is 9.10. The Morgan fingerprint density at radius 2 is 1.95 bits per heavy atom. The number of aryl methyl sites for hydroxylation is 1. The fourth-order valence-corrected chi connectivity index (χ4v) is 3.50. The van der Waals surface area contributed by atoms with Crippen molar-refractivity contribution in [1.82, 2.24) is 10.6 Å². The van der Waals surface area contributed by atoms with Gasteiger partial charge in [-0.2, -0.15) is 0 Å². The first-order valence-corrected chi connectivity index (χ1v) is 8.61. The smallest absolute Gasteiger partial charge is 0.0178 e. The van der Waals surface area contributed by atoms with Crippen molar-refractivity contribution in [2.45, 2.75) is 45.1 Å². The van der Waals surface area contributed by atoms with E-state index in [4.69, 9.17) is 0 Å². The van der Waals surface area contributed by atoms with Crippen LogP contribution in [0.15, 0.2) is 22.7 Å². The zero-order chi connectivity index (χ0) is 14.4. The van der Waals surface area contributed by atoms with Crippen molar-refractivity contribution in [1.29, 1.82) is 0 Å². The lowest BCUT2D eigenvalue weighted by atomic mass is 9.86. The number of nitrogens with one attached hydrogen (secondary N) is 2. The normalized spacial score (nSPS) is 22.9. The molecule has 0 unspecified atom stereocenters. The second-order valence-corrected chi connectivity index (χ2v) is 6.95. The summed E-state index contributed by atoms with van der Waals surface area (Å²) in [6, 6.07) is 7.32. The Balaban J connectivity index is 1.65. The van der Waals surface area contributed by atoms with E-state index in [1.165, 1.54) is 47.8 Å². The van der Waals surface area contributed by atoms with Gasteiger partial charge in [-0.3, -0.25) is 0 Å². The van der Waals surface area contributed by atoms with E-state index >= 15 is 0 Å². The molecule has 2 nitrogen and oxygen atoms in total. The molecule has 0 radical (unpaired) electrons. The third-order valence-electron chi connectivity index (χ3n) is 4.57. The van der Waals surface area contributed by atoms with Crippen molar-refractivity contribution in [2.24, 2.45) is 5.92 Å². The average Bonchev–Trinajstić information content (AvgIpc) is 2.47. The van der Waals surface area contributed by atoms with E-state index in [0.717, 1.165) is 24.9 Å². The summed E-state index contributed by atoms with van der Waals surface area (Å²) in [7, 11) is 2.09. The van der Waals surface area contributed by atoms with Gasteiger partial charge in [-0.05, 0) is 88.3 Å². The molecular formula is C17H27BrN2. The van der Waals surface area contributed by atoms with Gasteiger partial charge in [0.05, 0.1) is 0 Å². The van der Waals surface area contributed by atoms with Gasteiger partial charge in [-0.1, -0.05) is 22.0 Å². The lowest BCUT2D eigenvalue weighted by Crippen LogP contribution is -2.34. The molecule has 1 fully saturated rings. The molecule has 20 heavy (non-hydrogen) atoms. The summed E-state index contributed by atoms with van der Waals surface area (Å²) in [6.07, 6.45) is 6.54. The summed E-state index contributed by atoms with van der Waals surface area (Å²) in [5.74, 6) is 0.878. The predicted octanol–water partition coefficient (Wildman–Crippen LogP) is 3.67. The molecule has 2 N–H and O–H groups in total. The molecule has 0 aromatic heterocycles. The first-order valence-electron chi connectivity index (χ1n) is 7.82. The molecule has 1 aromatic rings. The molecule has 0 heterocycles. The number of rotatable bonds is 6. The minimum Gasteiger partial charge on any atom is -0.317 e. The fourth-order valence-electron chi connectivity index (χ4n) is 3.09. The van der Waals surface area contributed by atoms with Gasteiger partial charge in [0.15, 0.2) is 0 Å². The second kappa shape index (κ2) is 8.16. The Hall–Kier alpha value is -0.380. The highest BCUT2D eigenvalue weighted by Gasteiger charge is 2.19. The molecule has 0 spiro atoms. The third-order valence-corrected chi connectivity index (χ3v) is 5.06. The highest BCUT2D eigenvalue weighted by atomic mass is 79.9. The van der Waals surface area contributed by atoms with Gasteiger partial charge >= 0.3 is 0 Å². The second-order valence-electron chi connectivity index (χ2n) is 6.03. The van der Waals surface area contributed by atoms with E-state index in [1.807, 2.05) is 0 Å². The van der Waals surface area contributed by atoms with Crippen molar-refractivity contribution in [2.75, 3.05) is 20.1 Å². The summed E-state index contributed by atoms with van der Waals surface area (Å²) in [5.41, 5.74) is 2.84. The Kier molecular flexibility index (Phi) is 6.53. The molecule has 0 atom stereocenters. The van der Waals surface area contributed by atoms with Gasteiger partial charge < -0.3 is 10.6 Å². The zero-order valence-corrected chi connectivity index (χ0v) is 14.3. The van der Waals surface area contributed by atoms with E-state index in [-0.39, 0.29) is 0 Å². The first kappa shape index (κ1) is 16.0. The molecule has 2 rings (SSSR count). The van der Waals surface area contributed by atoms with Crippen LogP contribution in [-0.4, -0.2) is 26.2 Å². The van der Waals surface area contributed by atoms with Crippen molar-refractivity contribution >= 4 is 15.9 Å². The number of hydrogen-bond donors (Lipinski definition) is 2. The Bertz CT molecular complexity index is 411. The van der Waals surface area contributed by atoms with Gasteiger partial charge in [-0.15, -0.1) is 0 Å². The van der Waals surface area contributed by atoms with Crippen molar-refractivity contribution in [3.63, 3.8) is 0 Å². The van der Waals surface area contributed by atoms with E-state index < -0.39 is 0 Å². The van der Waals surface area contributed by atoms with Crippen LogP contribution >= 0.6 is 15.9 Å². The fraction of sp³-hybridized carbons (Fsp3) is 0.647. The maximum atomic E-state index is 3.65. The molecular weight excluding hydrogens is 312 g/mol. The summed E-state index contributed by atoms with van der Waals surface area (Å²) in [4.78, 5) is 0. The van der Waals surface area contributed by atoms with Crippen molar-refractivity contribution in [3.05, 3.63) is 33.8 Å². The van der Waals surface area contributed by atoms with E-state index in [2.05, 4.69) is 58.7 Å². The topological polar surface area (TPSA) is 24.1 Å². The van der Waals surface area contributed by atoms with Crippen LogP contribution in [0.4, 0.5) is 0 Å². The largest absolute Gasteiger partial charge is 0.317 e. The molecule has 1 aliphatic carbocycles. The van der Waals surface area contributed by atoms with Crippen LogP contribution in [0, 0.1) is 12.8 Å². The highest BCUT2D eigenvalue weighted by Crippen LogP contribution is 2.23. The quantitative estimate of drug-likeness (QED) is 0.773. The summed E-state index contributed by atoms with van der Waals surface area (Å²) >= 11 is 3.55. The molecule has 1 aliphatic rings. The molecule has 1 saturated carbocycles. The zero-order valence-electron chi connectivity index (χ0n) is 12.7. The summed E-state index contributed by atoms with van der Waals surface area (Å²) in [5, 5.41) is 7.05. The van der Waals surface area contributed by atoms with Crippen LogP contribution in [0.25, 0.3) is 0 Å². The van der Waals surface area contributed by atoms with E-state index in [9.17, 15) is 0 Å². The van der Waals surface area contributed by atoms with Crippen molar-refractivity contribution < 1.29 is 0 Å². The Labute approximate surface area is 131 Å². The van der Waals surface area contributed by atoms with Crippen LogP contribution in [0.5, 0.6) is 0 Å². The van der Waals surface area contributed by atoms with Crippen LogP contribution in [0.3, 0.4) is 0 Å². The van der Waals surface area contributed by atoms with E-state index in [1.54, 1.807) is 0 Å². The average molecular weight is 339 g/mol. The number of halogens is 1. The third kappa shape index (κ3) is 4.87. The SMILES string of the molecule is CNC1CCC(CNCCc2cc(Br)ccc2C)CC1. The lowest BCUT2D eigenvalue weighted by molar-refractivity contribution is 0.293. The van der Waals surface area contributed by atoms with Crippen LogP contribution in [0.1, 0.15) is 36.8 Å². The lowest BCUT2D eigenvalue weighted by Gasteiger charge is -2.28. The molecule has 0 saturated heterocycles. The van der Waals surface area contributed by atoms with Gasteiger partial charge in [-0.25, -0.2) is 0 Å². The number of benzene rings is 1. The predicted molar refractivity (Wildman–Crippen MR) is 90.3 cm³/mol. The Morgan fingerprint density at radius 3 is 2.65 bits per heavy atom. The van der Waals surface area contributed by atoms with Gasteiger partial charge in [0.25, 0.3) is 0 Å². The van der Waals surface area contributed by atoms with E-state index in [0.29, 0.717) is 0 Å². The van der Waals surface area contributed by atoms with Crippen LogP contribution in [0.2, 0.25) is 0 Å². The molecule has 0 aliphatic heterocycles. The van der Waals surface area contributed by atoms with Crippen LogP contribution in [-0.2, 0) is 6.42 Å². The summed E-state index contributed by atoms with van der Waals surface area (Å²) < 4.78 is 1.18. The molecule has 1 aromatic carbocycles. The minimum absolute atomic E-state index is 0.760.